The number of aliphatic carboxylic acids is 1. The van der Waals surface area contributed by atoms with Gasteiger partial charge in [-0.1, -0.05) is 143 Å². The largest absolute Gasteiger partial charge is 0.508 e. The third kappa shape index (κ3) is 49.3. The number of carbonyl (C=O) groups is 18. The Morgan fingerprint density at radius 2 is 1.00 bits per heavy atom. The van der Waals surface area contributed by atoms with E-state index in [1.54, 1.807) is 62.9 Å². The van der Waals surface area contributed by atoms with Crippen LogP contribution in [0.1, 0.15) is 121 Å². The summed E-state index contributed by atoms with van der Waals surface area (Å²) in [5.74, 6) is -15.9. The fourth-order valence-corrected chi connectivity index (χ4v) is 17.0. The SMILES string of the molecule is [CH2-]C(=O)NCCN(CCNC([CH2-])=O)CC(=O)NCc1ccc(CC)cc1.[CH2-]C(=O)NCCN(CCNC([CH2-])=O)CC(=O)N[C@@H](Cc1ccccc1)C(=O)N[C@@H](Cc1cnc[nH]1)C(=O)N[C@H]1CSSC[C@@H](C(=O)N[C@@H](Cc2cnc[nH]2)C(=O)N[C@H](C(=O)N[C@@H](CC(C)C)C(=O)NC)C(C)CC)NC(=O)[C@H](CC(C)C)NC(=O)[C@H](CC(=O)O)NC(=O)[C@H](Cc2ccc(O)cc2)NC(=O)C2CCCN2C1=O.[Gd].[Gd].[Gd].[Gd]. The number of fused-ring (bicyclic) bond motifs is 1. The van der Waals surface area contributed by atoms with Crippen molar-refractivity contribution in [1.82, 2.24) is 120 Å². The number of carbonyl (C=O) groups excluding carboxylic acids is 17. The minimum absolute atomic E-state index is 0. The maximum absolute atomic E-state index is 15.6. The Kier molecular flexibility index (Phi) is 63.8. The summed E-state index contributed by atoms with van der Waals surface area (Å²) in [4.78, 5) is 265. The number of imidazole rings is 2. The zero-order valence-electron chi connectivity index (χ0n) is 80.6. The van der Waals surface area contributed by atoms with Crippen molar-refractivity contribution in [3.8, 4) is 5.75 Å². The van der Waals surface area contributed by atoms with Gasteiger partial charge in [0.2, 0.25) is 76.8 Å². The van der Waals surface area contributed by atoms with Crippen molar-refractivity contribution in [1.29, 1.82) is 0 Å². The molecule has 0 radical (unpaired) electrons. The molecule has 3 aromatic carbocycles. The number of carboxylic acids is 1. The summed E-state index contributed by atoms with van der Waals surface area (Å²) < 4.78 is 0. The van der Waals surface area contributed by atoms with E-state index in [1.807, 2.05) is 30.9 Å². The van der Waals surface area contributed by atoms with Crippen molar-refractivity contribution in [3.05, 3.63) is 165 Å². The first-order valence-corrected chi connectivity index (χ1v) is 48.2. The van der Waals surface area contributed by atoms with Gasteiger partial charge in [-0.25, -0.2) is 9.97 Å². The second-order valence-electron chi connectivity index (χ2n) is 34.2. The number of likely N-dealkylation sites (N-methyl/N-ethyl adjacent to an activating group) is 1. The van der Waals surface area contributed by atoms with Crippen LogP contribution >= 0.6 is 21.6 Å². The normalized spacial score (nSPS) is 17.4. The maximum Gasteiger partial charge on any atom is 0.305 e. The zero-order chi connectivity index (χ0) is 102. The molecule has 2 aromatic heterocycles. The molecular weight excluding hydrogens is 2450 g/mol. The molecule has 20 N–H and O–H groups in total. The van der Waals surface area contributed by atoms with Gasteiger partial charge in [0.25, 0.3) is 0 Å². The number of rotatable bonds is 47. The first-order chi connectivity index (χ1) is 65.7. The Morgan fingerprint density at radius 3 is 1.51 bits per heavy atom. The van der Waals surface area contributed by atoms with E-state index < -0.39 is 179 Å². The molecule has 142 heavy (non-hydrogen) atoms. The van der Waals surface area contributed by atoms with Crippen LogP contribution in [0.5, 0.6) is 5.75 Å². The minimum atomic E-state index is -1.92. The predicted octanol–water partition coefficient (Wildman–Crippen LogP) is -2.03. The number of nitrogens with zero attached hydrogens (tertiary/aromatic N) is 5. The number of benzene rings is 3. The topological polar surface area (TPSA) is 607 Å². The van der Waals surface area contributed by atoms with Crippen molar-refractivity contribution in [2.45, 2.75) is 192 Å². The van der Waals surface area contributed by atoms with E-state index in [4.69, 9.17) is 0 Å². The standard InChI is InChI=1S/C74H105N19O17S2.C19H28N4O3.4Gd/c1-10-43(6)63(73(109)88-51(27-41(2)3)64(100)75-9)91-70(106)56(32-49-35-77-40-81-49)85-71(107)58-37-111-112-38-59(90-68(104)55(31-48-34-76-39-80-48)84-66(102)53(29-46-15-12-11-13-16-46)82-61(97)36-92(25-22-78-44(7)94)26-23-79-45(8)95)74(110)93-24-14-17-60(93)72(108)87-54(30-47-18-20-50(96)21-19-47)67(103)86-57(33-62(98)99)69(105)83-52(28-42(4)5)65(101)89-58;1-4-17-5-7-18(8-6-17)13-22-19(26)14-23(11-9-20-15(2)24)12-10-21-16(3)25;;;;/h11-13,15-16,18-21,34-35,39-43,51-60,63,96H,7-8,10,14,17,22-33,36-38H2,1-6,9H3,(H,75,100)(H,76,80)(H,77,81)(H,78,94)(H,79,95)(H,82,97)(H,83,105)(H,84,102)(H,85,107)(H,86,103)(H,87,108)(H,88,109)(H,89,101)(H,90,104)(H,91,106)(H,98,99);5-8H,2-4,9-14H2,1H3,(H,20,24)(H,21,25)(H,22,26);;;;/q2*-2;;;;/t43?,51-,52-,53-,54-,55-,56-,57-,58-,59-,60?,63-;;;;;/m0...../s1. The number of phenolic OH excluding ortho intramolecular Hbond substituents is 1. The van der Waals surface area contributed by atoms with Gasteiger partial charge >= 0.3 is 5.97 Å². The Hall–Kier alpha value is -8.26. The number of carboxylic acid groups (broad SMARTS) is 1. The maximum atomic E-state index is 15.6. The second-order valence-corrected chi connectivity index (χ2v) is 36.8. The number of aryl methyl sites for hydroxylation is 1. The van der Waals surface area contributed by atoms with Crippen LogP contribution in [0.2, 0.25) is 0 Å². The van der Waals surface area contributed by atoms with E-state index in [0.29, 0.717) is 61.7 Å². The quantitative estimate of drug-likeness (QED) is 0.0148. The van der Waals surface area contributed by atoms with Crippen LogP contribution in [0.3, 0.4) is 0 Å². The number of phenols is 1. The van der Waals surface area contributed by atoms with Gasteiger partial charge in [-0.3, -0.25) is 76.9 Å². The first-order valence-electron chi connectivity index (χ1n) is 45.7. The molecule has 4 heterocycles. The van der Waals surface area contributed by atoms with E-state index in [2.05, 4.69) is 152 Å². The number of hydrogen-bond acceptors (Lipinski definition) is 25. The van der Waals surface area contributed by atoms with Gasteiger partial charge in [0.15, 0.2) is 0 Å². The van der Waals surface area contributed by atoms with Gasteiger partial charge in [-0.2, -0.15) is 0 Å². The molecule has 2 unspecified atom stereocenters. The van der Waals surface area contributed by atoms with Crippen LogP contribution in [0, 0.1) is 205 Å². The van der Waals surface area contributed by atoms with Crippen molar-refractivity contribution >= 4 is 128 Å². The third-order valence-corrected chi connectivity index (χ3v) is 24.6. The average molecular weight is 2590 g/mol. The van der Waals surface area contributed by atoms with Crippen LogP contribution in [-0.4, -0.2) is 308 Å². The summed E-state index contributed by atoms with van der Waals surface area (Å²) in [6, 6.07) is 5.79. The van der Waals surface area contributed by atoms with Crippen LogP contribution in [0.4, 0.5) is 0 Å². The zero-order valence-corrected chi connectivity index (χ0v) is 91.3. The summed E-state index contributed by atoms with van der Waals surface area (Å²) in [5, 5.41) is 63.1. The Bertz CT molecular complexity index is 4810. The minimum Gasteiger partial charge on any atom is -0.508 e. The number of aromatic amines is 2. The molecule has 49 heteroatoms. The Balaban J connectivity index is 0.00000197. The van der Waals surface area contributed by atoms with Gasteiger partial charge < -0.3 is 157 Å². The fraction of sp³-hybridized carbons (Fsp3) is 0.505. The van der Waals surface area contributed by atoms with Crippen LogP contribution in [0.15, 0.2) is 104 Å². The molecular formula is C93H133Gd4N23O20S2-4. The summed E-state index contributed by atoms with van der Waals surface area (Å²) in [5.41, 5.74) is 3.92. The molecule has 17 amide bonds. The van der Waals surface area contributed by atoms with Crippen LogP contribution in [-0.2, 0) is 125 Å². The molecule has 2 aliphatic heterocycles. The summed E-state index contributed by atoms with van der Waals surface area (Å²) in [6.07, 6.45) is 5.08. The molecule has 2 aliphatic rings. The van der Waals surface area contributed by atoms with E-state index in [-0.39, 0.29) is 292 Å². The summed E-state index contributed by atoms with van der Waals surface area (Å²) >= 11 is 0. The van der Waals surface area contributed by atoms with Crippen molar-refractivity contribution < 1.29 is 256 Å². The van der Waals surface area contributed by atoms with Gasteiger partial charge in [-0.05, 0) is 84.2 Å². The van der Waals surface area contributed by atoms with E-state index in [1.165, 1.54) is 66.8 Å². The van der Waals surface area contributed by atoms with Crippen LogP contribution in [0.25, 0.3) is 0 Å². The van der Waals surface area contributed by atoms with Crippen LogP contribution < -0.4 is 85.1 Å². The molecule has 2 saturated heterocycles. The molecule has 12 atom stereocenters. The monoisotopic (exact) mass is 2590 g/mol. The smallest absolute Gasteiger partial charge is 0.305 e. The molecule has 0 bridgehead atoms. The predicted molar refractivity (Wildman–Crippen MR) is 514 cm³/mol. The van der Waals surface area contributed by atoms with E-state index >= 15 is 14.4 Å². The molecule has 5 aromatic rings. The summed E-state index contributed by atoms with van der Waals surface area (Å²) in [7, 11) is 3.24. The summed E-state index contributed by atoms with van der Waals surface area (Å²) in [6.45, 7) is 28.1. The first kappa shape index (κ1) is 130. The molecule has 43 nitrogen and oxygen atoms in total. The number of H-pyrrole nitrogens is 2. The third-order valence-electron chi connectivity index (χ3n) is 22.2. The van der Waals surface area contributed by atoms with Gasteiger partial charge in [0.1, 0.15) is 72.2 Å². The number of aromatic nitrogens is 4. The van der Waals surface area contributed by atoms with E-state index in [0.717, 1.165) is 33.6 Å². The van der Waals surface area contributed by atoms with Gasteiger partial charge in [-0.15, -0.1) is 0 Å². The molecule has 0 saturated carbocycles. The molecule has 0 aliphatic carbocycles. The number of nitrogens with one attached hydrogen (secondary N) is 18. The molecule has 788 valence electrons. The number of amides is 17. The number of aromatic hydroxyl groups is 1. The molecule has 0 spiro atoms. The van der Waals surface area contributed by atoms with Crippen molar-refractivity contribution in [2.75, 3.05) is 90.5 Å². The second kappa shape index (κ2) is 69.7. The molecule has 2 fully saturated rings. The van der Waals surface area contributed by atoms with Crippen molar-refractivity contribution in [2.24, 2.45) is 17.8 Å². The van der Waals surface area contributed by atoms with E-state index in [9.17, 15) is 82.1 Å². The average Bonchev–Trinajstić information content (AvgIpc) is 1.53. The Labute approximate surface area is 964 Å². The fourth-order valence-electron chi connectivity index (χ4n) is 14.7. The van der Waals surface area contributed by atoms with Gasteiger partial charge in [0, 0.05) is 293 Å². The van der Waals surface area contributed by atoms with Gasteiger partial charge in [0.05, 0.1) is 55.8 Å². The molecule has 7 rings (SSSR count). The van der Waals surface area contributed by atoms with Crippen molar-refractivity contribution in [3.63, 3.8) is 0 Å². The number of hydrogen-bond donors (Lipinski definition) is 20. The Morgan fingerprint density at radius 1 is 0.514 bits per heavy atom.